The molecule has 0 radical (unpaired) electrons. The number of fused-ring (bicyclic) bond motifs is 1. The number of halogens is 4. The topological polar surface area (TPSA) is 21.7 Å². The van der Waals surface area contributed by atoms with Gasteiger partial charge in [-0.05, 0) is 24.1 Å². The predicted molar refractivity (Wildman–Crippen MR) is 91.4 cm³/mol. The van der Waals surface area contributed by atoms with Crippen molar-refractivity contribution in [2.24, 2.45) is 0 Å². The molecule has 0 spiro atoms. The normalized spacial score (nSPS) is 15.9. The number of para-hydroxylation sites is 1. The van der Waals surface area contributed by atoms with E-state index in [0.29, 0.717) is 6.04 Å². The van der Waals surface area contributed by atoms with Gasteiger partial charge in [0.25, 0.3) is 5.82 Å². The van der Waals surface area contributed by atoms with E-state index in [9.17, 15) is 17.3 Å². The summed E-state index contributed by atoms with van der Waals surface area (Å²) in [6, 6.07) is 21.6. The van der Waals surface area contributed by atoms with Crippen molar-refractivity contribution in [3.05, 3.63) is 78.4 Å². The maximum Gasteiger partial charge on any atom is 0.673 e. The van der Waals surface area contributed by atoms with E-state index in [2.05, 4.69) is 53.4 Å². The molecule has 0 N–H and O–H groups in total. The highest BCUT2D eigenvalue weighted by atomic mass is 19.5. The standard InChI is InChI=1S/C18H18N3.BF4/c1-3-7-15(8-4-1)13-17-11-12-18-19-21(14-20(17)18)16-9-5-2-6-10-16;2-1(3,4)5/h1-10,14,17H,11-13H2;/q+1;-1/t17-;/m1./s1. The maximum atomic E-state index is 9.75. The minimum atomic E-state index is -6.00. The molecule has 3 aromatic rings. The van der Waals surface area contributed by atoms with Crippen LogP contribution >= 0.6 is 0 Å². The average Bonchev–Trinajstić information content (AvgIpc) is 3.17. The van der Waals surface area contributed by atoms with Crippen LogP contribution in [0.2, 0.25) is 0 Å². The Morgan fingerprint density at radius 1 is 0.962 bits per heavy atom. The van der Waals surface area contributed by atoms with Gasteiger partial charge in [0.05, 0.1) is 6.04 Å². The number of aryl methyl sites for hydroxylation is 1. The second-order valence-corrected chi connectivity index (χ2v) is 6.10. The lowest BCUT2D eigenvalue weighted by Gasteiger charge is -2.08. The molecule has 0 aliphatic carbocycles. The molecule has 26 heavy (non-hydrogen) atoms. The summed E-state index contributed by atoms with van der Waals surface area (Å²) < 4.78 is 43.3. The molecule has 8 heteroatoms. The fraction of sp³-hybridized carbons (Fsp3) is 0.222. The molecule has 0 bridgehead atoms. The van der Waals surface area contributed by atoms with Crippen molar-refractivity contribution in [1.82, 2.24) is 9.78 Å². The first-order valence-corrected chi connectivity index (χ1v) is 8.36. The van der Waals surface area contributed by atoms with Crippen LogP contribution in [0.1, 0.15) is 23.9 Å². The van der Waals surface area contributed by atoms with Gasteiger partial charge in [0.1, 0.15) is 5.69 Å². The molecular formula is C18H18BF4N3. The number of nitrogens with zero attached hydrogens (tertiary/aromatic N) is 3. The molecule has 136 valence electrons. The Labute approximate surface area is 149 Å². The number of aromatic nitrogens is 3. The molecule has 0 saturated carbocycles. The molecule has 3 nitrogen and oxygen atoms in total. The van der Waals surface area contributed by atoms with E-state index >= 15 is 0 Å². The van der Waals surface area contributed by atoms with Gasteiger partial charge >= 0.3 is 7.25 Å². The number of hydrogen-bond donors (Lipinski definition) is 0. The summed E-state index contributed by atoms with van der Waals surface area (Å²) in [6.45, 7) is 0. The zero-order valence-corrected chi connectivity index (χ0v) is 14.0. The van der Waals surface area contributed by atoms with E-state index in [-0.39, 0.29) is 0 Å². The summed E-state index contributed by atoms with van der Waals surface area (Å²) in [6.07, 6.45) is 5.48. The SMILES string of the molecule is F[B-](F)(F)F.c1ccc(C[C@H]2CCc3nn(-c4ccccc4)c[n+]32)cc1. The van der Waals surface area contributed by atoms with E-state index in [4.69, 9.17) is 5.10 Å². The Morgan fingerprint density at radius 3 is 2.15 bits per heavy atom. The molecule has 2 heterocycles. The van der Waals surface area contributed by atoms with E-state index in [1.807, 2.05) is 22.9 Å². The van der Waals surface area contributed by atoms with E-state index in [1.165, 1.54) is 17.8 Å². The largest absolute Gasteiger partial charge is 0.673 e. The molecule has 1 aliphatic rings. The molecule has 0 amide bonds. The lowest BCUT2D eigenvalue weighted by Crippen LogP contribution is -2.37. The van der Waals surface area contributed by atoms with Crippen LogP contribution in [0.15, 0.2) is 67.0 Å². The van der Waals surface area contributed by atoms with Crippen LogP contribution in [0, 0.1) is 0 Å². The van der Waals surface area contributed by atoms with Crippen molar-refractivity contribution in [2.45, 2.75) is 25.3 Å². The van der Waals surface area contributed by atoms with E-state index < -0.39 is 7.25 Å². The zero-order chi connectivity index (χ0) is 18.6. The molecule has 1 aromatic heterocycles. The Bertz CT molecular complexity index is 829. The van der Waals surface area contributed by atoms with Crippen molar-refractivity contribution in [1.29, 1.82) is 0 Å². The highest BCUT2D eigenvalue weighted by molar-refractivity contribution is 6.50. The van der Waals surface area contributed by atoms with Crippen molar-refractivity contribution in [3.63, 3.8) is 0 Å². The zero-order valence-electron chi connectivity index (χ0n) is 14.0. The van der Waals surface area contributed by atoms with Gasteiger partial charge in [-0.1, -0.05) is 53.2 Å². The number of rotatable bonds is 3. The third kappa shape index (κ3) is 4.94. The number of benzene rings is 2. The molecule has 0 unspecified atom stereocenters. The second-order valence-electron chi connectivity index (χ2n) is 6.10. The van der Waals surface area contributed by atoms with Crippen LogP contribution in [-0.2, 0) is 12.8 Å². The van der Waals surface area contributed by atoms with Crippen molar-refractivity contribution < 1.29 is 21.8 Å². The van der Waals surface area contributed by atoms with Gasteiger partial charge in [-0.25, -0.2) is 4.57 Å². The van der Waals surface area contributed by atoms with Crippen molar-refractivity contribution >= 4 is 7.25 Å². The summed E-state index contributed by atoms with van der Waals surface area (Å²) in [5.41, 5.74) is 2.52. The molecular weight excluding hydrogens is 345 g/mol. The van der Waals surface area contributed by atoms with Gasteiger partial charge < -0.3 is 17.3 Å². The van der Waals surface area contributed by atoms with Gasteiger partial charge in [-0.3, -0.25) is 0 Å². The molecule has 0 fully saturated rings. The lowest BCUT2D eigenvalue weighted by molar-refractivity contribution is -0.716. The summed E-state index contributed by atoms with van der Waals surface area (Å²) in [5.74, 6) is 1.19. The third-order valence-corrected chi connectivity index (χ3v) is 4.18. The van der Waals surface area contributed by atoms with Crippen LogP contribution in [0.25, 0.3) is 5.69 Å². The summed E-state index contributed by atoms with van der Waals surface area (Å²) in [7, 11) is -6.00. The monoisotopic (exact) mass is 363 g/mol. The van der Waals surface area contributed by atoms with Crippen LogP contribution in [0.3, 0.4) is 0 Å². The van der Waals surface area contributed by atoms with E-state index in [0.717, 1.165) is 18.5 Å². The second kappa shape index (κ2) is 7.72. The maximum absolute atomic E-state index is 9.75. The Morgan fingerprint density at radius 2 is 1.54 bits per heavy atom. The van der Waals surface area contributed by atoms with Gasteiger partial charge in [0, 0.05) is 17.9 Å². The minimum absolute atomic E-state index is 0.528. The first-order valence-electron chi connectivity index (χ1n) is 8.36. The van der Waals surface area contributed by atoms with Crippen LogP contribution in [-0.4, -0.2) is 17.0 Å². The van der Waals surface area contributed by atoms with Gasteiger partial charge in [-0.15, -0.1) is 0 Å². The minimum Gasteiger partial charge on any atom is -0.418 e. The first-order chi connectivity index (χ1) is 12.4. The fourth-order valence-corrected chi connectivity index (χ4v) is 3.10. The van der Waals surface area contributed by atoms with Crippen molar-refractivity contribution in [2.75, 3.05) is 0 Å². The van der Waals surface area contributed by atoms with Crippen LogP contribution < -0.4 is 4.57 Å². The Balaban J connectivity index is 0.000000349. The lowest BCUT2D eigenvalue weighted by atomic mass is 10.0. The smallest absolute Gasteiger partial charge is 0.418 e. The highest BCUT2D eigenvalue weighted by Gasteiger charge is 2.31. The molecule has 1 atom stereocenters. The third-order valence-electron chi connectivity index (χ3n) is 4.18. The number of hydrogen-bond acceptors (Lipinski definition) is 1. The van der Waals surface area contributed by atoms with Gasteiger partial charge in [0.2, 0.25) is 6.33 Å². The predicted octanol–water partition coefficient (Wildman–Crippen LogP) is 4.19. The van der Waals surface area contributed by atoms with Gasteiger partial charge in [0.15, 0.2) is 0 Å². The Hall–Kier alpha value is -2.64. The molecule has 0 saturated heterocycles. The van der Waals surface area contributed by atoms with Crippen LogP contribution in [0.5, 0.6) is 0 Å². The first kappa shape index (κ1) is 18.2. The Kier molecular flexibility index (Phi) is 5.39. The highest BCUT2D eigenvalue weighted by Crippen LogP contribution is 2.21. The molecule has 4 rings (SSSR count). The van der Waals surface area contributed by atoms with E-state index in [1.54, 1.807) is 0 Å². The molecule has 2 aromatic carbocycles. The quantitative estimate of drug-likeness (QED) is 0.389. The average molecular weight is 363 g/mol. The fourth-order valence-electron chi connectivity index (χ4n) is 3.10. The summed E-state index contributed by atoms with van der Waals surface area (Å²) in [4.78, 5) is 0. The van der Waals surface area contributed by atoms with Crippen molar-refractivity contribution in [3.8, 4) is 5.69 Å². The summed E-state index contributed by atoms with van der Waals surface area (Å²) in [5, 5.41) is 4.73. The summed E-state index contributed by atoms with van der Waals surface area (Å²) >= 11 is 0. The van der Waals surface area contributed by atoms with Crippen LogP contribution in [0.4, 0.5) is 17.3 Å². The van der Waals surface area contributed by atoms with Gasteiger partial charge in [-0.2, -0.15) is 0 Å². The molecule has 1 aliphatic heterocycles.